The lowest BCUT2D eigenvalue weighted by molar-refractivity contribution is -0.141. The smallest absolute Gasteiger partial charge is 0.433 e. The number of alkyl halides is 3. The van der Waals surface area contributed by atoms with Crippen LogP contribution in [0.4, 0.5) is 13.2 Å². The minimum atomic E-state index is -4.51. The largest absolute Gasteiger partial charge is 0.495 e. The predicted molar refractivity (Wildman–Crippen MR) is 55.1 cm³/mol. The van der Waals surface area contributed by atoms with Crippen LogP contribution in [0.3, 0.4) is 0 Å². The maximum absolute atomic E-state index is 12.4. The lowest BCUT2D eigenvalue weighted by Crippen LogP contribution is -2.10. The van der Waals surface area contributed by atoms with Crippen molar-refractivity contribution in [3.63, 3.8) is 0 Å². The van der Waals surface area contributed by atoms with Crippen LogP contribution in [-0.4, -0.2) is 19.2 Å². The molecule has 15 heavy (non-hydrogen) atoms. The number of hydrogen-bond donors (Lipinski definition) is 0. The summed E-state index contributed by atoms with van der Waals surface area (Å²) >= 11 is 1.81. The van der Waals surface area contributed by atoms with Gasteiger partial charge in [-0.15, -0.1) is 0 Å². The Hall–Kier alpha value is -0.730. The van der Waals surface area contributed by atoms with Gasteiger partial charge in [0, 0.05) is 6.07 Å². The first-order valence-corrected chi connectivity index (χ1v) is 4.83. The Morgan fingerprint density at radius 2 is 1.87 bits per heavy atom. The SMILES string of the molecule is COc1cc(C(F)(F)F)nc(OC)c1I. The Morgan fingerprint density at radius 3 is 2.27 bits per heavy atom. The van der Waals surface area contributed by atoms with Gasteiger partial charge in [0.15, 0.2) is 5.69 Å². The Labute approximate surface area is 97.7 Å². The van der Waals surface area contributed by atoms with Gasteiger partial charge in [0.25, 0.3) is 0 Å². The minimum absolute atomic E-state index is 0.0924. The van der Waals surface area contributed by atoms with Crippen LogP contribution in [0.25, 0.3) is 0 Å². The van der Waals surface area contributed by atoms with E-state index in [2.05, 4.69) is 4.98 Å². The average molecular weight is 333 g/mol. The summed E-state index contributed by atoms with van der Waals surface area (Å²) in [5, 5.41) is 0. The number of halogens is 4. The molecule has 0 aliphatic carbocycles. The Bertz CT molecular complexity index is 342. The molecule has 0 atom stereocenters. The minimum Gasteiger partial charge on any atom is -0.495 e. The summed E-state index contributed by atoms with van der Waals surface area (Å²) in [5.41, 5.74) is -1.03. The van der Waals surface area contributed by atoms with Gasteiger partial charge < -0.3 is 9.47 Å². The van der Waals surface area contributed by atoms with E-state index in [1.807, 2.05) is 0 Å². The van der Waals surface area contributed by atoms with E-state index in [0.29, 0.717) is 3.57 Å². The maximum Gasteiger partial charge on any atom is 0.433 e. The summed E-state index contributed by atoms with van der Waals surface area (Å²) in [6.07, 6.45) is -4.51. The predicted octanol–water partition coefficient (Wildman–Crippen LogP) is 2.72. The van der Waals surface area contributed by atoms with Crippen LogP contribution in [-0.2, 0) is 6.18 Å². The molecule has 0 spiro atoms. The monoisotopic (exact) mass is 333 g/mol. The molecule has 1 aromatic rings. The summed E-state index contributed by atoms with van der Waals surface area (Å²) < 4.78 is 47.1. The molecule has 0 fully saturated rings. The van der Waals surface area contributed by atoms with Crippen molar-refractivity contribution in [3.05, 3.63) is 15.3 Å². The molecule has 0 aliphatic heterocycles. The van der Waals surface area contributed by atoms with E-state index in [-0.39, 0.29) is 11.6 Å². The van der Waals surface area contributed by atoms with Gasteiger partial charge in [-0.05, 0) is 22.6 Å². The fourth-order valence-electron chi connectivity index (χ4n) is 0.913. The van der Waals surface area contributed by atoms with Crippen molar-refractivity contribution in [1.29, 1.82) is 0 Å². The summed E-state index contributed by atoms with van der Waals surface area (Å²) in [4.78, 5) is 3.34. The van der Waals surface area contributed by atoms with E-state index < -0.39 is 11.9 Å². The molecule has 0 aliphatic rings. The van der Waals surface area contributed by atoms with Crippen molar-refractivity contribution >= 4 is 22.6 Å². The first kappa shape index (κ1) is 12.3. The summed E-state index contributed by atoms with van der Waals surface area (Å²) in [6, 6.07) is 0.838. The van der Waals surface area contributed by atoms with E-state index >= 15 is 0 Å². The van der Waals surface area contributed by atoms with E-state index in [1.54, 1.807) is 22.6 Å². The van der Waals surface area contributed by atoms with Crippen LogP contribution >= 0.6 is 22.6 Å². The molecule has 0 amide bonds. The highest BCUT2D eigenvalue weighted by Crippen LogP contribution is 2.35. The third kappa shape index (κ3) is 2.64. The Balaban J connectivity index is 3.33. The molecule has 0 N–H and O–H groups in total. The van der Waals surface area contributed by atoms with Gasteiger partial charge in [-0.25, -0.2) is 4.98 Å². The van der Waals surface area contributed by atoms with E-state index in [1.165, 1.54) is 14.2 Å². The molecule has 0 radical (unpaired) electrons. The van der Waals surface area contributed by atoms with Crippen LogP contribution in [0.2, 0.25) is 0 Å². The van der Waals surface area contributed by atoms with Crippen molar-refractivity contribution in [3.8, 4) is 11.6 Å². The lowest BCUT2D eigenvalue weighted by atomic mass is 10.3. The van der Waals surface area contributed by atoms with Gasteiger partial charge in [0.2, 0.25) is 5.88 Å². The maximum atomic E-state index is 12.4. The number of methoxy groups -OCH3 is 2. The number of ether oxygens (including phenoxy) is 2. The standard InChI is InChI=1S/C8H7F3INO2/c1-14-4-3-5(8(9,10)11)13-7(15-2)6(4)12/h3H,1-2H3. The highest BCUT2D eigenvalue weighted by atomic mass is 127. The average Bonchev–Trinajstić information content (AvgIpc) is 2.16. The van der Waals surface area contributed by atoms with Gasteiger partial charge in [-0.3, -0.25) is 0 Å². The van der Waals surface area contributed by atoms with Crippen molar-refractivity contribution in [2.24, 2.45) is 0 Å². The van der Waals surface area contributed by atoms with E-state index in [0.717, 1.165) is 6.07 Å². The first-order valence-electron chi connectivity index (χ1n) is 3.76. The van der Waals surface area contributed by atoms with Crippen LogP contribution in [0.5, 0.6) is 11.6 Å². The molecule has 0 aromatic carbocycles. The summed E-state index contributed by atoms with van der Waals surface area (Å²) in [6.45, 7) is 0. The van der Waals surface area contributed by atoms with E-state index in [4.69, 9.17) is 9.47 Å². The zero-order valence-electron chi connectivity index (χ0n) is 7.85. The van der Waals surface area contributed by atoms with Crippen LogP contribution in [0, 0.1) is 3.57 Å². The summed E-state index contributed by atoms with van der Waals surface area (Å²) in [5.74, 6) is -0.00273. The first-order chi connectivity index (χ1) is 6.90. The quantitative estimate of drug-likeness (QED) is 0.780. The van der Waals surface area contributed by atoms with Gasteiger partial charge in [0.1, 0.15) is 9.32 Å². The van der Waals surface area contributed by atoms with Gasteiger partial charge in [-0.2, -0.15) is 13.2 Å². The number of rotatable bonds is 2. The molecular formula is C8H7F3INO2. The molecule has 0 saturated carbocycles. The molecule has 0 unspecified atom stereocenters. The van der Waals surface area contributed by atoms with Gasteiger partial charge in [0.05, 0.1) is 14.2 Å². The van der Waals surface area contributed by atoms with Gasteiger partial charge in [-0.1, -0.05) is 0 Å². The van der Waals surface area contributed by atoms with Crippen molar-refractivity contribution < 1.29 is 22.6 Å². The molecule has 7 heteroatoms. The number of hydrogen-bond acceptors (Lipinski definition) is 3. The molecule has 1 heterocycles. The second-order valence-electron chi connectivity index (χ2n) is 2.53. The third-order valence-electron chi connectivity index (χ3n) is 1.60. The zero-order chi connectivity index (χ0) is 11.6. The molecule has 1 aromatic heterocycles. The van der Waals surface area contributed by atoms with Crippen LogP contribution in [0.15, 0.2) is 6.07 Å². The number of aromatic nitrogens is 1. The second-order valence-corrected chi connectivity index (χ2v) is 3.61. The highest BCUT2D eigenvalue weighted by molar-refractivity contribution is 14.1. The van der Waals surface area contributed by atoms with Gasteiger partial charge >= 0.3 is 6.18 Å². The lowest BCUT2D eigenvalue weighted by Gasteiger charge is -2.11. The number of pyridine rings is 1. The second kappa shape index (κ2) is 4.42. The fourth-order valence-corrected chi connectivity index (χ4v) is 1.63. The topological polar surface area (TPSA) is 31.4 Å². The van der Waals surface area contributed by atoms with Crippen LogP contribution in [0.1, 0.15) is 5.69 Å². The van der Waals surface area contributed by atoms with E-state index in [9.17, 15) is 13.2 Å². The molecule has 84 valence electrons. The van der Waals surface area contributed by atoms with Crippen molar-refractivity contribution in [1.82, 2.24) is 4.98 Å². The Kier molecular flexibility index (Phi) is 3.63. The molecular weight excluding hydrogens is 326 g/mol. The highest BCUT2D eigenvalue weighted by Gasteiger charge is 2.34. The molecule has 0 saturated heterocycles. The molecule has 3 nitrogen and oxygen atoms in total. The molecule has 1 rings (SSSR count). The third-order valence-corrected chi connectivity index (χ3v) is 2.59. The van der Waals surface area contributed by atoms with Crippen LogP contribution < -0.4 is 9.47 Å². The molecule has 0 bridgehead atoms. The number of nitrogens with zero attached hydrogens (tertiary/aromatic N) is 1. The fraction of sp³-hybridized carbons (Fsp3) is 0.375. The zero-order valence-corrected chi connectivity index (χ0v) is 10.0. The Morgan fingerprint density at radius 1 is 1.27 bits per heavy atom. The summed E-state index contributed by atoms with van der Waals surface area (Å²) in [7, 11) is 2.54. The van der Waals surface area contributed by atoms with Crippen molar-refractivity contribution in [2.45, 2.75) is 6.18 Å². The normalized spacial score (nSPS) is 11.3. The van der Waals surface area contributed by atoms with Crippen molar-refractivity contribution in [2.75, 3.05) is 14.2 Å².